The fraction of sp³-hybridized carbons (Fsp3) is 0.130. The summed E-state index contributed by atoms with van der Waals surface area (Å²) in [6, 6.07) is 20.8. The van der Waals surface area contributed by atoms with Crippen molar-refractivity contribution in [3.63, 3.8) is 0 Å². The average molecular weight is 441 g/mol. The first-order valence-electron chi connectivity index (χ1n) is 9.13. The molecule has 6 heteroatoms. The topological polar surface area (TPSA) is 34.9 Å². The molecule has 0 saturated heterocycles. The zero-order valence-electron chi connectivity index (χ0n) is 15.7. The average Bonchev–Trinajstić information content (AvgIpc) is 2.71. The summed E-state index contributed by atoms with van der Waals surface area (Å²) in [5, 5.41) is 1.99. The molecule has 1 aromatic heterocycles. The number of aryl methyl sites for hydroxylation is 1. The molecule has 0 saturated carbocycles. The van der Waals surface area contributed by atoms with Crippen LogP contribution in [0.3, 0.4) is 0 Å². The maximum Gasteiger partial charge on any atom is 0.265 e. The number of halogens is 2. The number of rotatable bonds is 5. The zero-order chi connectivity index (χ0) is 20.4. The van der Waals surface area contributed by atoms with Gasteiger partial charge in [-0.15, -0.1) is 11.8 Å². The van der Waals surface area contributed by atoms with Crippen molar-refractivity contribution in [2.45, 2.75) is 18.4 Å². The van der Waals surface area contributed by atoms with Gasteiger partial charge in [0.1, 0.15) is 5.82 Å². The molecule has 0 aliphatic heterocycles. The van der Waals surface area contributed by atoms with Gasteiger partial charge in [0.05, 0.1) is 22.3 Å². The standard InChI is InChI=1S/C23H18Cl2N2OS/c1-15-12-17(24)10-11-21(15)27-22(14-29-13-16-6-2-4-8-19(16)25)26-20-9-5-3-7-18(20)23(27)28/h2-12H,13-14H2,1H3. The maximum absolute atomic E-state index is 13.3. The van der Waals surface area contributed by atoms with Gasteiger partial charge in [-0.2, -0.15) is 0 Å². The van der Waals surface area contributed by atoms with E-state index in [1.807, 2.05) is 67.6 Å². The highest BCUT2D eigenvalue weighted by atomic mass is 35.5. The van der Waals surface area contributed by atoms with Gasteiger partial charge >= 0.3 is 0 Å². The van der Waals surface area contributed by atoms with E-state index in [1.54, 1.807) is 22.4 Å². The lowest BCUT2D eigenvalue weighted by atomic mass is 10.2. The normalized spacial score (nSPS) is 11.1. The first kappa shape index (κ1) is 20.0. The molecule has 0 radical (unpaired) electrons. The van der Waals surface area contributed by atoms with Crippen LogP contribution in [0.4, 0.5) is 0 Å². The van der Waals surface area contributed by atoms with E-state index in [1.165, 1.54) is 0 Å². The van der Waals surface area contributed by atoms with Crippen molar-refractivity contribution < 1.29 is 0 Å². The van der Waals surface area contributed by atoms with Gasteiger partial charge in [-0.1, -0.05) is 53.5 Å². The molecule has 0 aliphatic carbocycles. The second-order valence-corrected chi connectivity index (χ2v) is 8.53. The van der Waals surface area contributed by atoms with Crippen molar-refractivity contribution >= 4 is 45.9 Å². The Balaban J connectivity index is 1.77. The minimum Gasteiger partial charge on any atom is -0.268 e. The Labute approximate surface area is 183 Å². The largest absolute Gasteiger partial charge is 0.268 e. The van der Waals surface area contributed by atoms with E-state index >= 15 is 0 Å². The summed E-state index contributed by atoms with van der Waals surface area (Å²) in [5.41, 5.74) is 3.42. The molecule has 3 nitrogen and oxygen atoms in total. The predicted octanol–water partition coefficient (Wildman–Crippen LogP) is 6.43. The van der Waals surface area contributed by atoms with Gasteiger partial charge in [0.25, 0.3) is 5.56 Å². The Morgan fingerprint density at radius 1 is 0.966 bits per heavy atom. The van der Waals surface area contributed by atoms with E-state index < -0.39 is 0 Å². The molecule has 1 heterocycles. The molecule has 146 valence electrons. The molecule has 3 aromatic carbocycles. The van der Waals surface area contributed by atoms with Gasteiger partial charge < -0.3 is 0 Å². The van der Waals surface area contributed by atoms with E-state index in [-0.39, 0.29) is 5.56 Å². The molecule has 0 fully saturated rings. The van der Waals surface area contributed by atoms with Crippen LogP contribution in [0.2, 0.25) is 10.0 Å². The molecule has 4 aromatic rings. The summed E-state index contributed by atoms with van der Waals surface area (Å²) in [7, 11) is 0. The molecule has 0 atom stereocenters. The predicted molar refractivity (Wildman–Crippen MR) is 124 cm³/mol. The number of nitrogens with zero attached hydrogens (tertiary/aromatic N) is 2. The highest BCUT2D eigenvalue weighted by Gasteiger charge is 2.15. The molecule has 0 bridgehead atoms. The molecule has 29 heavy (non-hydrogen) atoms. The third-order valence-electron chi connectivity index (χ3n) is 4.69. The number of fused-ring (bicyclic) bond motifs is 1. The summed E-state index contributed by atoms with van der Waals surface area (Å²) in [5.74, 6) is 2.02. The van der Waals surface area contributed by atoms with Crippen LogP contribution < -0.4 is 5.56 Å². The highest BCUT2D eigenvalue weighted by molar-refractivity contribution is 7.97. The number of para-hydroxylation sites is 1. The first-order valence-corrected chi connectivity index (χ1v) is 11.0. The SMILES string of the molecule is Cc1cc(Cl)ccc1-n1c(CSCc2ccccc2Cl)nc2ccccc2c1=O. The Bertz CT molecular complexity index is 1250. The lowest BCUT2D eigenvalue weighted by molar-refractivity contribution is 0.877. The summed E-state index contributed by atoms with van der Waals surface area (Å²) in [6.45, 7) is 1.95. The molecule has 4 rings (SSSR count). The third-order valence-corrected chi connectivity index (χ3v) is 6.27. The first-order chi connectivity index (χ1) is 14.0. The summed E-state index contributed by atoms with van der Waals surface area (Å²) >= 11 is 14.1. The number of thioether (sulfide) groups is 1. The quantitative estimate of drug-likeness (QED) is 0.358. The van der Waals surface area contributed by atoms with Crippen LogP contribution in [0.15, 0.2) is 71.5 Å². The van der Waals surface area contributed by atoms with Crippen LogP contribution in [-0.2, 0) is 11.5 Å². The minimum atomic E-state index is -0.0747. The monoisotopic (exact) mass is 440 g/mol. The van der Waals surface area contributed by atoms with E-state index in [9.17, 15) is 4.79 Å². The van der Waals surface area contributed by atoms with Gasteiger partial charge in [0.15, 0.2) is 0 Å². The van der Waals surface area contributed by atoms with Gasteiger partial charge in [-0.25, -0.2) is 4.98 Å². The molecule has 0 spiro atoms. The van der Waals surface area contributed by atoms with Crippen molar-refractivity contribution in [2.75, 3.05) is 0 Å². The van der Waals surface area contributed by atoms with Crippen LogP contribution in [-0.4, -0.2) is 9.55 Å². The van der Waals surface area contributed by atoms with Crippen molar-refractivity contribution in [2.24, 2.45) is 0 Å². The fourth-order valence-corrected chi connectivity index (χ4v) is 4.72. The Kier molecular flexibility index (Phi) is 5.95. The summed E-state index contributed by atoms with van der Waals surface area (Å²) in [4.78, 5) is 18.1. The van der Waals surface area contributed by atoms with Gasteiger partial charge in [0.2, 0.25) is 0 Å². The molecule has 0 aliphatic rings. The Morgan fingerprint density at radius 3 is 2.52 bits per heavy atom. The number of aromatic nitrogens is 2. The molecular weight excluding hydrogens is 423 g/mol. The number of hydrogen-bond donors (Lipinski definition) is 0. The van der Waals surface area contributed by atoms with Crippen molar-refractivity contribution in [1.82, 2.24) is 9.55 Å². The second-order valence-electron chi connectivity index (χ2n) is 6.70. The zero-order valence-corrected chi connectivity index (χ0v) is 18.1. The summed E-state index contributed by atoms with van der Waals surface area (Å²) < 4.78 is 1.70. The Morgan fingerprint density at radius 2 is 1.72 bits per heavy atom. The smallest absolute Gasteiger partial charge is 0.265 e. The van der Waals surface area contributed by atoms with Crippen LogP contribution in [0, 0.1) is 6.92 Å². The van der Waals surface area contributed by atoms with Crippen molar-refractivity contribution in [1.29, 1.82) is 0 Å². The lowest BCUT2D eigenvalue weighted by Crippen LogP contribution is -2.24. The van der Waals surface area contributed by atoms with Crippen LogP contribution in [0.5, 0.6) is 0 Å². The van der Waals surface area contributed by atoms with Gasteiger partial charge in [-0.3, -0.25) is 9.36 Å². The van der Waals surface area contributed by atoms with Gasteiger partial charge in [0, 0.05) is 15.8 Å². The van der Waals surface area contributed by atoms with E-state index in [0.717, 1.165) is 27.6 Å². The maximum atomic E-state index is 13.3. The number of hydrogen-bond acceptors (Lipinski definition) is 3. The molecule has 0 unspecified atom stereocenters. The minimum absolute atomic E-state index is 0.0747. The molecule has 0 amide bonds. The van der Waals surface area contributed by atoms with Crippen molar-refractivity contribution in [3.05, 3.63) is 104 Å². The lowest BCUT2D eigenvalue weighted by Gasteiger charge is -2.16. The third kappa shape index (κ3) is 4.20. The van der Waals surface area contributed by atoms with E-state index in [0.29, 0.717) is 27.5 Å². The van der Waals surface area contributed by atoms with E-state index in [4.69, 9.17) is 28.2 Å². The van der Waals surface area contributed by atoms with Crippen LogP contribution in [0.1, 0.15) is 17.0 Å². The Hall–Kier alpha value is -2.27. The van der Waals surface area contributed by atoms with Crippen LogP contribution in [0.25, 0.3) is 16.6 Å². The summed E-state index contributed by atoms with van der Waals surface area (Å²) in [6.07, 6.45) is 0. The number of benzene rings is 3. The molecular formula is C23H18Cl2N2OS. The molecule has 0 N–H and O–H groups in total. The van der Waals surface area contributed by atoms with Gasteiger partial charge in [-0.05, 0) is 54.4 Å². The van der Waals surface area contributed by atoms with Crippen LogP contribution >= 0.6 is 35.0 Å². The van der Waals surface area contributed by atoms with E-state index in [2.05, 4.69) is 0 Å². The van der Waals surface area contributed by atoms with Crippen molar-refractivity contribution in [3.8, 4) is 5.69 Å². The second kappa shape index (κ2) is 8.62. The highest BCUT2D eigenvalue weighted by Crippen LogP contribution is 2.25. The fourth-order valence-electron chi connectivity index (χ4n) is 3.26.